The van der Waals surface area contributed by atoms with Crippen molar-refractivity contribution in [1.29, 1.82) is 0 Å². The second-order valence-electron chi connectivity index (χ2n) is 8.23. The molecule has 148 valence electrons. The summed E-state index contributed by atoms with van der Waals surface area (Å²) in [4.78, 5) is 21.7. The Bertz CT molecular complexity index is 1130. The fourth-order valence-corrected chi connectivity index (χ4v) is 3.86. The number of benzene rings is 2. The smallest absolute Gasteiger partial charge is 0.238 e. The minimum Gasteiger partial charge on any atom is -0.512 e. The average Bonchev–Trinajstić information content (AvgIpc) is 2.66. The zero-order valence-electron chi connectivity index (χ0n) is 16.9. The van der Waals surface area contributed by atoms with Crippen molar-refractivity contribution in [2.45, 2.75) is 40.0 Å². The first-order valence-corrected chi connectivity index (χ1v) is 9.84. The zero-order chi connectivity index (χ0) is 20.6. The molecule has 4 rings (SSSR count). The van der Waals surface area contributed by atoms with Gasteiger partial charge in [-0.05, 0) is 47.2 Å². The maximum Gasteiger partial charge on any atom is 0.238 e. The number of carbonyl (C=O) groups excluding carboxylic acids is 1. The highest BCUT2D eigenvalue weighted by Gasteiger charge is 2.34. The van der Waals surface area contributed by atoms with E-state index >= 15 is 0 Å². The first kappa shape index (κ1) is 19.1. The van der Waals surface area contributed by atoms with E-state index in [1.165, 1.54) is 0 Å². The maximum absolute atomic E-state index is 12.8. The van der Waals surface area contributed by atoms with Crippen molar-refractivity contribution in [3.63, 3.8) is 0 Å². The largest absolute Gasteiger partial charge is 0.512 e. The Morgan fingerprint density at radius 1 is 1.10 bits per heavy atom. The lowest BCUT2D eigenvalue weighted by Crippen LogP contribution is -2.25. The first-order chi connectivity index (χ1) is 13.9. The fraction of sp³-hybridized carbons (Fsp3) is 0.292. The summed E-state index contributed by atoms with van der Waals surface area (Å²) < 4.78 is 5.94. The number of hydrogen-bond acceptors (Lipinski definition) is 5. The molecule has 1 aliphatic carbocycles. The van der Waals surface area contributed by atoms with Crippen LogP contribution in [0.2, 0.25) is 0 Å². The molecule has 1 aromatic heterocycles. The van der Waals surface area contributed by atoms with Gasteiger partial charge in [-0.2, -0.15) is 0 Å². The molecule has 0 spiro atoms. The van der Waals surface area contributed by atoms with Crippen molar-refractivity contribution in [2.24, 2.45) is 5.41 Å². The molecule has 0 fully saturated rings. The molecule has 0 aliphatic heterocycles. The number of aliphatic hydroxyl groups excluding tert-OH is 1. The van der Waals surface area contributed by atoms with Gasteiger partial charge in [-0.25, -0.2) is 9.97 Å². The highest BCUT2D eigenvalue weighted by atomic mass is 16.5. The van der Waals surface area contributed by atoms with Crippen LogP contribution < -0.4 is 4.74 Å². The van der Waals surface area contributed by atoms with Crippen molar-refractivity contribution >= 4 is 22.4 Å². The summed E-state index contributed by atoms with van der Waals surface area (Å²) >= 11 is 0. The van der Waals surface area contributed by atoms with Crippen molar-refractivity contribution in [3.8, 4) is 11.6 Å². The minimum atomic E-state index is -0.230. The van der Waals surface area contributed by atoms with E-state index in [4.69, 9.17) is 4.74 Å². The number of aryl methyl sites for hydroxylation is 1. The lowest BCUT2D eigenvalue weighted by atomic mass is 9.74. The van der Waals surface area contributed by atoms with Gasteiger partial charge >= 0.3 is 0 Å². The highest BCUT2D eigenvalue weighted by molar-refractivity contribution is 6.22. The van der Waals surface area contributed by atoms with Gasteiger partial charge in [-0.15, -0.1) is 0 Å². The summed E-state index contributed by atoms with van der Waals surface area (Å²) in [5, 5.41) is 10.6. The van der Waals surface area contributed by atoms with Gasteiger partial charge < -0.3 is 9.84 Å². The average molecular weight is 388 g/mol. The number of aliphatic hydroxyl groups is 1. The maximum atomic E-state index is 12.8. The van der Waals surface area contributed by atoms with Crippen LogP contribution in [0.25, 0.3) is 16.6 Å². The van der Waals surface area contributed by atoms with Crippen LogP contribution in [0.1, 0.15) is 44.7 Å². The highest BCUT2D eigenvalue weighted by Crippen LogP contribution is 2.41. The Hall–Kier alpha value is -3.21. The van der Waals surface area contributed by atoms with Crippen LogP contribution >= 0.6 is 0 Å². The fourth-order valence-electron chi connectivity index (χ4n) is 3.86. The number of ketones is 1. The Balaban J connectivity index is 1.72. The summed E-state index contributed by atoms with van der Waals surface area (Å²) in [6.07, 6.45) is 3.23. The number of allylic oxidation sites excluding steroid dienone is 2. The summed E-state index contributed by atoms with van der Waals surface area (Å²) in [5.41, 5.74) is 3.46. The van der Waals surface area contributed by atoms with Gasteiger partial charge in [0.1, 0.15) is 11.5 Å². The molecule has 0 saturated carbocycles. The number of fused-ring (bicyclic) bond motifs is 1. The van der Waals surface area contributed by atoms with Gasteiger partial charge in [0.15, 0.2) is 5.78 Å². The number of hydrogen-bond donors (Lipinski definition) is 1. The molecule has 0 amide bonds. The lowest BCUT2D eigenvalue weighted by molar-refractivity contribution is -0.116. The standard InChI is InChI=1S/C24H24N2O3/c1-4-15-9-10-16(29-22-14-25-18-7-5-6-8-19(18)26-22)11-17(15)23-20(27)12-24(2,3)13-21(23)28/h5-11,14,27H,4,12-13H2,1-3H3. The molecule has 0 saturated heterocycles. The monoisotopic (exact) mass is 388 g/mol. The van der Waals surface area contributed by atoms with E-state index in [-0.39, 0.29) is 17.0 Å². The third-order valence-corrected chi connectivity index (χ3v) is 5.23. The van der Waals surface area contributed by atoms with Gasteiger partial charge in [0, 0.05) is 12.8 Å². The SMILES string of the molecule is CCc1ccc(Oc2cnc3ccccc3n2)cc1C1=C(O)CC(C)(C)CC1=O. The molecule has 29 heavy (non-hydrogen) atoms. The van der Waals surface area contributed by atoms with E-state index in [0.29, 0.717) is 30.0 Å². The summed E-state index contributed by atoms with van der Waals surface area (Å²) in [6, 6.07) is 13.2. The Kier molecular flexibility index (Phi) is 4.82. The number of rotatable bonds is 4. The molecule has 3 aromatic rings. The summed E-state index contributed by atoms with van der Waals surface area (Å²) in [5.74, 6) is 1.06. The topological polar surface area (TPSA) is 72.3 Å². The molecule has 0 bridgehead atoms. The number of carbonyl (C=O) groups is 1. The molecule has 1 aliphatic rings. The second-order valence-corrected chi connectivity index (χ2v) is 8.23. The Morgan fingerprint density at radius 3 is 2.59 bits per heavy atom. The molecule has 0 atom stereocenters. The van der Waals surface area contributed by atoms with Gasteiger partial charge in [0.2, 0.25) is 5.88 Å². The number of Topliss-reactive ketones (excluding diaryl/α,β-unsaturated/α-hetero) is 1. The zero-order valence-corrected chi connectivity index (χ0v) is 16.9. The number of para-hydroxylation sites is 2. The molecular weight excluding hydrogens is 364 g/mol. The molecule has 1 heterocycles. The van der Waals surface area contributed by atoms with Crippen LogP contribution in [0.5, 0.6) is 11.6 Å². The van der Waals surface area contributed by atoms with Crippen molar-refractivity contribution in [2.75, 3.05) is 0 Å². The molecule has 0 radical (unpaired) electrons. The van der Waals surface area contributed by atoms with Crippen LogP contribution in [0.4, 0.5) is 0 Å². The van der Waals surface area contributed by atoms with Crippen LogP contribution in [0, 0.1) is 5.41 Å². The summed E-state index contributed by atoms with van der Waals surface area (Å²) in [7, 11) is 0. The van der Waals surface area contributed by atoms with E-state index in [9.17, 15) is 9.90 Å². The minimum absolute atomic E-state index is 0.0314. The van der Waals surface area contributed by atoms with Gasteiger partial charge in [0.25, 0.3) is 0 Å². The third-order valence-electron chi connectivity index (χ3n) is 5.23. The predicted molar refractivity (Wildman–Crippen MR) is 113 cm³/mol. The van der Waals surface area contributed by atoms with Crippen molar-refractivity contribution < 1.29 is 14.6 Å². The van der Waals surface area contributed by atoms with Crippen LogP contribution in [0.3, 0.4) is 0 Å². The van der Waals surface area contributed by atoms with Crippen molar-refractivity contribution in [3.05, 3.63) is 65.5 Å². The molecule has 2 aromatic carbocycles. The van der Waals surface area contributed by atoms with Gasteiger partial charge in [-0.1, -0.05) is 39.0 Å². The molecule has 5 nitrogen and oxygen atoms in total. The molecular formula is C24H24N2O3. The van der Waals surface area contributed by atoms with E-state index in [0.717, 1.165) is 28.6 Å². The van der Waals surface area contributed by atoms with Gasteiger partial charge in [-0.3, -0.25) is 4.79 Å². The third kappa shape index (κ3) is 3.86. The van der Waals surface area contributed by atoms with Crippen molar-refractivity contribution in [1.82, 2.24) is 9.97 Å². The molecule has 5 heteroatoms. The lowest BCUT2D eigenvalue weighted by Gasteiger charge is -2.30. The molecule has 0 unspecified atom stereocenters. The van der Waals surface area contributed by atoms with E-state index in [1.54, 1.807) is 6.20 Å². The van der Waals surface area contributed by atoms with Crippen LogP contribution in [-0.2, 0) is 11.2 Å². The van der Waals surface area contributed by atoms with Crippen LogP contribution in [-0.4, -0.2) is 20.9 Å². The Morgan fingerprint density at radius 2 is 1.86 bits per heavy atom. The van der Waals surface area contributed by atoms with Crippen LogP contribution in [0.15, 0.2) is 54.4 Å². The number of ether oxygens (including phenoxy) is 1. The predicted octanol–water partition coefficient (Wildman–Crippen LogP) is 5.64. The number of nitrogens with zero attached hydrogens (tertiary/aromatic N) is 2. The van der Waals surface area contributed by atoms with E-state index in [1.807, 2.05) is 63.2 Å². The van der Waals surface area contributed by atoms with E-state index < -0.39 is 0 Å². The van der Waals surface area contributed by atoms with E-state index in [2.05, 4.69) is 9.97 Å². The Labute approximate surface area is 170 Å². The normalized spacial score (nSPS) is 16.3. The quantitative estimate of drug-likeness (QED) is 0.626. The molecule has 1 N–H and O–H groups in total. The van der Waals surface area contributed by atoms with Gasteiger partial charge in [0.05, 0.1) is 22.8 Å². The second kappa shape index (κ2) is 7.32. The summed E-state index contributed by atoms with van der Waals surface area (Å²) in [6.45, 7) is 6.02. The first-order valence-electron chi connectivity index (χ1n) is 9.84. The number of aromatic nitrogens is 2.